The second-order valence-electron chi connectivity index (χ2n) is 6.21. The molecule has 0 radical (unpaired) electrons. The first-order valence-corrected chi connectivity index (χ1v) is 8.56. The molecule has 2 aromatic carbocycles. The summed E-state index contributed by atoms with van der Waals surface area (Å²) in [5.41, 5.74) is 2.41. The van der Waals surface area contributed by atoms with Gasteiger partial charge in [-0.15, -0.1) is 10.2 Å². The summed E-state index contributed by atoms with van der Waals surface area (Å²) in [5.74, 6) is 0.882. The second-order valence-corrected chi connectivity index (χ2v) is 6.21. The molecule has 6 heteroatoms. The van der Waals surface area contributed by atoms with E-state index in [9.17, 15) is 4.79 Å². The Labute approximate surface area is 151 Å². The number of rotatable bonds is 3. The molecule has 1 amide bonds. The maximum absolute atomic E-state index is 13.2. The molecule has 0 bridgehead atoms. The lowest BCUT2D eigenvalue weighted by Crippen LogP contribution is -2.43. The van der Waals surface area contributed by atoms with Crippen molar-refractivity contribution >= 4 is 5.91 Å². The quantitative estimate of drug-likeness (QED) is 0.726. The number of carbonyl (C=O) groups is 1. The van der Waals surface area contributed by atoms with Crippen LogP contribution in [0, 0.1) is 6.92 Å². The largest absolute Gasteiger partial charge is 0.421 e. The first-order chi connectivity index (χ1) is 12.7. The molecule has 0 aliphatic carbocycles. The third-order valence-corrected chi connectivity index (χ3v) is 4.46. The van der Waals surface area contributed by atoms with E-state index >= 15 is 0 Å². The van der Waals surface area contributed by atoms with Crippen molar-refractivity contribution in [3.63, 3.8) is 0 Å². The van der Waals surface area contributed by atoms with Crippen molar-refractivity contribution < 1.29 is 13.9 Å². The summed E-state index contributed by atoms with van der Waals surface area (Å²) in [5, 5.41) is 7.88. The molecule has 1 aliphatic rings. The summed E-state index contributed by atoms with van der Waals surface area (Å²) < 4.78 is 11.1. The monoisotopic (exact) mass is 349 g/mol. The van der Waals surface area contributed by atoms with Crippen LogP contribution in [0.4, 0.5) is 0 Å². The van der Waals surface area contributed by atoms with Crippen molar-refractivity contribution in [3.8, 4) is 11.5 Å². The van der Waals surface area contributed by atoms with Crippen LogP contribution in [0.3, 0.4) is 0 Å². The minimum Gasteiger partial charge on any atom is -0.421 e. The average molecular weight is 349 g/mol. The van der Waals surface area contributed by atoms with Gasteiger partial charge in [-0.1, -0.05) is 36.4 Å². The molecule has 1 aliphatic heterocycles. The van der Waals surface area contributed by atoms with Crippen molar-refractivity contribution in [2.75, 3.05) is 19.8 Å². The van der Waals surface area contributed by atoms with Crippen LogP contribution in [0.2, 0.25) is 0 Å². The van der Waals surface area contributed by atoms with E-state index < -0.39 is 0 Å². The van der Waals surface area contributed by atoms with E-state index in [0.29, 0.717) is 37.1 Å². The Balaban J connectivity index is 1.63. The molecule has 1 fully saturated rings. The van der Waals surface area contributed by atoms with Gasteiger partial charge in [-0.05, 0) is 23.8 Å². The van der Waals surface area contributed by atoms with Gasteiger partial charge in [0, 0.05) is 24.6 Å². The molecule has 0 spiro atoms. The van der Waals surface area contributed by atoms with Crippen LogP contribution in [-0.4, -0.2) is 40.8 Å². The third kappa shape index (κ3) is 3.23. The summed E-state index contributed by atoms with van der Waals surface area (Å²) in [6.07, 6.45) is 0. The van der Waals surface area contributed by atoms with Gasteiger partial charge < -0.3 is 14.1 Å². The molecular weight excluding hydrogens is 330 g/mol. The normalized spacial score (nSPS) is 17.3. The number of amides is 1. The Morgan fingerprint density at radius 1 is 1.12 bits per heavy atom. The lowest BCUT2D eigenvalue weighted by molar-refractivity contribution is -0.00269. The van der Waals surface area contributed by atoms with Crippen LogP contribution < -0.4 is 0 Å². The Morgan fingerprint density at radius 2 is 1.96 bits per heavy atom. The maximum Gasteiger partial charge on any atom is 0.254 e. The highest BCUT2D eigenvalue weighted by atomic mass is 16.5. The highest BCUT2D eigenvalue weighted by Crippen LogP contribution is 2.27. The van der Waals surface area contributed by atoms with Gasteiger partial charge >= 0.3 is 0 Å². The summed E-state index contributed by atoms with van der Waals surface area (Å²) in [6.45, 7) is 3.34. The third-order valence-electron chi connectivity index (χ3n) is 4.46. The highest BCUT2D eigenvalue weighted by molar-refractivity contribution is 5.95. The van der Waals surface area contributed by atoms with Crippen molar-refractivity contribution in [1.82, 2.24) is 15.1 Å². The predicted molar refractivity (Wildman–Crippen MR) is 95.5 cm³/mol. The molecule has 132 valence electrons. The standard InChI is InChI=1S/C20H19N3O3/c1-14-21-22-19(26-14)16-8-5-9-17(12-16)20(24)23-10-11-25-13-18(23)15-6-3-2-4-7-15/h2-9,12,18H,10-11,13H2,1H3. The molecule has 1 unspecified atom stereocenters. The smallest absolute Gasteiger partial charge is 0.254 e. The minimum atomic E-state index is -0.0910. The lowest BCUT2D eigenvalue weighted by Gasteiger charge is -2.36. The molecule has 0 N–H and O–H groups in total. The van der Waals surface area contributed by atoms with Crippen LogP contribution >= 0.6 is 0 Å². The molecule has 1 aromatic heterocycles. The van der Waals surface area contributed by atoms with Gasteiger partial charge in [0.1, 0.15) is 0 Å². The summed E-state index contributed by atoms with van der Waals surface area (Å²) >= 11 is 0. The highest BCUT2D eigenvalue weighted by Gasteiger charge is 2.29. The van der Waals surface area contributed by atoms with E-state index in [4.69, 9.17) is 9.15 Å². The minimum absolute atomic E-state index is 0.0276. The fourth-order valence-corrected chi connectivity index (χ4v) is 3.16. The van der Waals surface area contributed by atoms with Gasteiger partial charge in [-0.25, -0.2) is 0 Å². The molecule has 1 saturated heterocycles. The maximum atomic E-state index is 13.2. The first-order valence-electron chi connectivity index (χ1n) is 8.56. The number of carbonyl (C=O) groups excluding carboxylic acids is 1. The van der Waals surface area contributed by atoms with Crippen LogP contribution in [0.25, 0.3) is 11.5 Å². The van der Waals surface area contributed by atoms with E-state index in [-0.39, 0.29) is 11.9 Å². The summed E-state index contributed by atoms with van der Waals surface area (Å²) in [7, 11) is 0. The number of morpholine rings is 1. The number of hydrogen-bond acceptors (Lipinski definition) is 5. The zero-order valence-electron chi connectivity index (χ0n) is 14.5. The van der Waals surface area contributed by atoms with Crippen molar-refractivity contribution in [2.24, 2.45) is 0 Å². The van der Waals surface area contributed by atoms with Crippen LogP contribution in [-0.2, 0) is 4.74 Å². The van der Waals surface area contributed by atoms with E-state index in [2.05, 4.69) is 10.2 Å². The summed E-state index contributed by atoms with van der Waals surface area (Å²) in [6, 6.07) is 17.2. The Hall–Kier alpha value is -2.99. The van der Waals surface area contributed by atoms with Gasteiger partial charge in [0.05, 0.1) is 19.3 Å². The fraction of sp³-hybridized carbons (Fsp3) is 0.250. The number of nitrogens with zero attached hydrogens (tertiary/aromatic N) is 3. The van der Waals surface area contributed by atoms with E-state index in [0.717, 1.165) is 11.1 Å². The molecular formula is C20H19N3O3. The van der Waals surface area contributed by atoms with Gasteiger partial charge in [-0.3, -0.25) is 4.79 Å². The molecule has 0 saturated carbocycles. The summed E-state index contributed by atoms with van der Waals surface area (Å²) in [4.78, 5) is 15.0. The van der Waals surface area contributed by atoms with Gasteiger partial charge in [0.2, 0.25) is 11.8 Å². The SMILES string of the molecule is Cc1nnc(-c2cccc(C(=O)N3CCOCC3c3ccccc3)c2)o1. The van der Waals surface area contributed by atoms with Crippen LogP contribution in [0.15, 0.2) is 59.0 Å². The van der Waals surface area contributed by atoms with Crippen LogP contribution in [0.1, 0.15) is 27.9 Å². The van der Waals surface area contributed by atoms with Gasteiger partial charge in [0.15, 0.2) is 0 Å². The zero-order chi connectivity index (χ0) is 17.9. The van der Waals surface area contributed by atoms with Crippen LogP contribution in [0.5, 0.6) is 0 Å². The van der Waals surface area contributed by atoms with E-state index in [1.165, 1.54) is 0 Å². The number of ether oxygens (including phenoxy) is 1. The lowest BCUT2D eigenvalue weighted by atomic mass is 10.0. The Bertz CT molecular complexity index is 907. The van der Waals surface area contributed by atoms with Gasteiger partial charge in [0.25, 0.3) is 5.91 Å². The predicted octanol–water partition coefficient (Wildman–Crippen LogP) is 3.26. The van der Waals surface area contributed by atoms with E-state index in [1.807, 2.05) is 53.4 Å². The topological polar surface area (TPSA) is 68.5 Å². The van der Waals surface area contributed by atoms with Crippen molar-refractivity contribution in [3.05, 3.63) is 71.6 Å². The molecule has 2 heterocycles. The van der Waals surface area contributed by atoms with Crippen molar-refractivity contribution in [1.29, 1.82) is 0 Å². The average Bonchev–Trinajstić information content (AvgIpc) is 3.15. The Kier molecular flexibility index (Phi) is 4.50. The molecule has 4 rings (SSSR count). The number of benzene rings is 2. The fourth-order valence-electron chi connectivity index (χ4n) is 3.16. The first kappa shape index (κ1) is 16.5. The number of aryl methyl sites for hydroxylation is 1. The van der Waals surface area contributed by atoms with Crippen molar-refractivity contribution in [2.45, 2.75) is 13.0 Å². The Morgan fingerprint density at radius 3 is 2.73 bits per heavy atom. The van der Waals surface area contributed by atoms with E-state index in [1.54, 1.807) is 13.0 Å². The van der Waals surface area contributed by atoms with Gasteiger partial charge in [-0.2, -0.15) is 0 Å². The second kappa shape index (κ2) is 7.09. The molecule has 3 aromatic rings. The zero-order valence-corrected chi connectivity index (χ0v) is 14.5. The number of aromatic nitrogens is 2. The molecule has 1 atom stereocenters. The number of hydrogen-bond donors (Lipinski definition) is 0. The molecule has 6 nitrogen and oxygen atoms in total. The molecule has 26 heavy (non-hydrogen) atoms.